The number of aromatic carboxylic acids is 1. The van der Waals surface area contributed by atoms with Crippen molar-refractivity contribution in [1.82, 2.24) is 10.2 Å². The molecule has 0 spiro atoms. The van der Waals surface area contributed by atoms with Gasteiger partial charge in [0, 0.05) is 37.2 Å². The van der Waals surface area contributed by atoms with Gasteiger partial charge in [-0.25, -0.2) is 4.79 Å². The lowest BCUT2D eigenvalue weighted by molar-refractivity contribution is -0.133. The Balaban J connectivity index is 1.83. The first-order chi connectivity index (χ1) is 14.0. The van der Waals surface area contributed by atoms with E-state index in [4.69, 9.17) is 4.74 Å². The molecular formula is C22H24N2O5. The standard InChI is InChI=1S/C22H24N2O5/c1-2-23-21(26)15-8-10-18(11-9-15)29-19-13-16(22(27)28)6-7-17(19)14-24-12-4-3-5-20(24)25/h6-11,13H,2-5,12,14H2,1H3,(H,23,26)(H,27,28). The summed E-state index contributed by atoms with van der Waals surface area (Å²) in [6.07, 6.45) is 2.38. The molecule has 0 atom stereocenters. The molecule has 7 heteroatoms. The number of carbonyl (C=O) groups is 3. The minimum Gasteiger partial charge on any atom is -0.478 e. The van der Waals surface area contributed by atoms with Crippen LogP contribution in [0.1, 0.15) is 52.5 Å². The van der Waals surface area contributed by atoms with Crippen molar-refractivity contribution >= 4 is 17.8 Å². The molecule has 2 N–H and O–H groups in total. The molecule has 7 nitrogen and oxygen atoms in total. The largest absolute Gasteiger partial charge is 0.478 e. The summed E-state index contributed by atoms with van der Waals surface area (Å²) in [6, 6.07) is 11.3. The van der Waals surface area contributed by atoms with Gasteiger partial charge in [-0.1, -0.05) is 6.07 Å². The summed E-state index contributed by atoms with van der Waals surface area (Å²) in [5.74, 6) is -0.269. The normalized spacial score (nSPS) is 13.8. The summed E-state index contributed by atoms with van der Waals surface area (Å²) in [6.45, 7) is 3.43. The molecule has 1 aliphatic rings. The number of hydrogen-bond donors (Lipinski definition) is 2. The first-order valence-corrected chi connectivity index (χ1v) is 9.68. The second-order valence-corrected chi connectivity index (χ2v) is 6.89. The number of ether oxygens (including phenoxy) is 1. The van der Waals surface area contributed by atoms with Crippen molar-refractivity contribution in [2.75, 3.05) is 13.1 Å². The average molecular weight is 396 g/mol. The van der Waals surface area contributed by atoms with Crippen LogP contribution in [0.4, 0.5) is 0 Å². The van der Waals surface area contributed by atoms with E-state index in [-0.39, 0.29) is 17.4 Å². The number of likely N-dealkylation sites (tertiary alicyclic amines) is 1. The van der Waals surface area contributed by atoms with Crippen molar-refractivity contribution in [1.29, 1.82) is 0 Å². The fraction of sp³-hybridized carbons (Fsp3) is 0.318. The zero-order valence-corrected chi connectivity index (χ0v) is 16.3. The molecule has 1 aliphatic heterocycles. The Labute approximate surface area is 169 Å². The molecule has 2 amide bonds. The first-order valence-electron chi connectivity index (χ1n) is 9.68. The lowest BCUT2D eigenvalue weighted by Gasteiger charge is -2.27. The van der Waals surface area contributed by atoms with Crippen molar-refractivity contribution in [2.24, 2.45) is 0 Å². The number of amides is 2. The minimum atomic E-state index is -1.05. The highest BCUT2D eigenvalue weighted by atomic mass is 16.5. The number of carboxylic acids is 1. The number of carboxylic acid groups (broad SMARTS) is 1. The molecule has 0 unspecified atom stereocenters. The van der Waals surface area contributed by atoms with Gasteiger partial charge in [-0.15, -0.1) is 0 Å². The van der Waals surface area contributed by atoms with Gasteiger partial charge in [-0.3, -0.25) is 9.59 Å². The number of piperidine rings is 1. The maximum absolute atomic E-state index is 12.2. The van der Waals surface area contributed by atoms with Crippen LogP contribution in [0.5, 0.6) is 11.5 Å². The van der Waals surface area contributed by atoms with E-state index >= 15 is 0 Å². The molecule has 3 rings (SSSR count). The number of hydrogen-bond acceptors (Lipinski definition) is 4. The highest BCUT2D eigenvalue weighted by Crippen LogP contribution is 2.29. The molecule has 0 radical (unpaired) electrons. The van der Waals surface area contributed by atoms with Crippen LogP contribution in [0.15, 0.2) is 42.5 Å². The maximum Gasteiger partial charge on any atom is 0.335 e. The lowest BCUT2D eigenvalue weighted by Crippen LogP contribution is -2.34. The van der Waals surface area contributed by atoms with Crippen molar-refractivity contribution in [3.8, 4) is 11.5 Å². The number of nitrogens with one attached hydrogen (secondary N) is 1. The van der Waals surface area contributed by atoms with Gasteiger partial charge in [-0.2, -0.15) is 0 Å². The predicted octanol–water partition coefficient (Wildman–Crippen LogP) is 3.44. The van der Waals surface area contributed by atoms with Crippen LogP contribution in [0, 0.1) is 0 Å². The SMILES string of the molecule is CCNC(=O)c1ccc(Oc2cc(C(=O)O)ccc2CN2CCCCC2=O)cc1. The fourth-order valence-electron chi connectivity index (χ4n) is 3.21. The Kier molecular flexibility index (Phi) is 6.49. The Morgan fingerprint density at radius 2 is 1.83 bits per heavy atom. The van der Waals surface area contributed by atoms with Crippen LogP contribution in [-0.4, -0.2) is 40.9 Å². The van der Waals surface area contributed by atoms with E-state index in [0.717, 1.165) is 18.4 Å². The molecule has 2 aromatic rings. The Bertz CT molecular complexity index is 908. The van der Waals surface area contributed by atoms with Gasteiger partial charge >= 0.3 is 5.97 Å². The van der Waals surface area contributed by atoms with Gasteiger partial charge in [0.25, 0.3) is 5.91 Å². The summed E-state index contributed by atoms with van der Waals surface area (Å²) < 4.78 is 5.94. The van der Waals surface area contributed by atoms with Gasteiger partial charge in [0.05, 0.1) is 5.56 Å². The highest BCUT2D eigenvalue weighted by molar-refractivity contribution is 5.94. The summed E-state index contributed by atoms with van der Waals surface area (Å²) in [5, 5.41) is 12.0. The van der Waals surface area contributed by atoms with Gasteiger partial charge in [0.1, 0.15) is 11.5 Å². The quantitative estimate of drug-likeness (QED) is 0.747. The smallest absolute Gasteiger partial charge is 0.335 e. The highest BCUT2D eigenvalue weighted by Gasteiger charge is 2.20. The van der Waals surface area contributed by atoms with E-state index in [1.807, 2.05) is 6.92 Å². The van der Waals surface area contributed by atoms with Crippen molar-refractivity contribution in [3.05, 3.63) is 59.2 Å². The topological polar surface area (TPSA) is 95.9 Å². The minimum absolute atomic E-state index is 0.0933. The predicted molar refractivity (Wildman–Crippen MR) is 107 cm³/mol. The molecule has 29 heavy (non-hydrogen) atoms. The van der Waals surface area contributed by atoms with Crippen LogP contribution in [0.3, 0.4) is 0 Å². The average Bonchev–Trinajstić information content (AvgIpc) is 2.71. The van der Waals surface area contributed by atoms with Gasteiger partial charge < -0.3 is 20.1 Å². The molecule has 0 aliphatic carbocycles. The van der Waals surface area contributed by atoms with E-state index in [1.54, 1.807) is 35.2 Å². The molecule has 0 aromatic heterocycles. The third kappa shape index (κ3) is 5.13. The van der Waals surface area contributed by atoms with Crippen LogP contribution in [0.2, 0.25) is 0 Å². The van der Waals surface area contributed by atoms with Crippen molar-refractivity contribution in [3.63, 3.8) is 0 Å². The van der Waals surface area contributed by atoms with Gasteiger partial charge in [-0.05, 0) is 56.2 Å². The Morgan fingerprint density at radius 1 is 1.10 bits per heavy atom. The monoisotopic (exact) mass is 396 g/mol. The molecule has 1 heterocycles. The molecule has 2 aromatic carbocycles. The number of rotatable bonds is 7. The van der Waals surface area contributed by atoms with Gasteiger partial charge in [0.15, 0.2) is 0 Å². The Morgan fingerprint density at radius 3 is 2.48 bits per heavy atom. The van der Waals surface area contributed by atoms with Crippen LogP contribution in [0.25, 0.3) is 0 Å². The van der Waals surface area contributed by atoms with E-state index in [2.05, 4.69) is 5.32 Å². The third-order valence-corrected chi connectivity index (χ3v) is 4.78. The second kappa shape index (κ2) is 9.23. The summed E-state index contributed by atoms with van der Waals surface area (Å²) in [7, 11) is 0. The fourth-order valence-corrected chi connectivity index (χ4v) is 3.21. The Hall–Kier alpha value is -3.35. The second-order valence-electron chi connectivity index (χ2n) is 6.89. The van der Waals surface area contributed by atoms with Crippen molar-refractivity contribution in [2.45, 2.75) is 32.7 Å². The number of nitrogens with zero attached hydrogens (tertiary/aromatic N) is 1. The van der Waals surface area contributed by atoms with E-state index in [9.17, 15) is 19.5 Å². The molecule has 1 fully saturated rings. The summed E-state index contributed by atoms with van der Waals surface area (Å²) in [4.78, 5) is 37.2. The van der Waals surface area contributed by atoms with Gasteiger partial charge in [0.2, 0.25) is 5.91 Å². The van der Waals surface area contributed by atoms with E-state index in [1.165, 1.54) is 12.1 Å². The molecule has 152 valence electrons. The zero-order chi connectivity index (χ0) is 20.8. The zero-order valence-electron chi connectivity index (χ0n) is 16.3. The third-order valence-electron chi connectivity index (χ3n) is 4.78. The van der Waals surface area contributed by atoms with Crippen LogP contribution >= 0.6 is 0 Å². The number of carbonyl (C=O) groups excluding carboxylic acids is 2. The summed E-state index contributed by atoms with van der Waals surface area (Å²) >= 11 is 0. The van der Waals surface area contributed by atoms with E-state index in [0.29, 0.717) is 43.1 Å². The molecule has 1 saturated heterocycles. The lowest BCUT2D eigenvalue weighted by atomic mass is 10.1. The van der Waals surface area contributed by atoms with Crippen molar-refractivity contribution < 1.29 is 24.2 Å². The molecular weight excluding hydrogens is 372 g/mol. The molecule has 0 saturated carbocycles. The number of benzene rings is 2. The van der Waals surface area contributed by atoms with Crippen LogP contribution in [-0.2, 0) is 11.3 Å². The van der Waals surface area contributed by atoms with E-state index < -0.39 is 5.97 Å². The first kappa shape index (κ1) is 20.4. The molecule has 0 bridgehead atoms. The van der Waals surface area contributed by atoms with Crippen LogP contribution < -0.4 is 10.1 Å². The summed E-state index contributed by atoms with van der Waals surface area (Å²) in [5.41, 5.74) is 1.35. The maximum atomic E-state index is 12.2.